The van der Waals surface area contributed by atoms with Crippen LogP contribution in [-0.2, 0) is 0 Å². The molecule has 0 bridgehead atoms. The molecule has 1 aliphatic carbocycles. The Kier molecular flexibility index (Phi) is 4.07. The summed E-state index contributed by atoms with van der Waals surface area (Å²) in [5.41, 5.74) is 2.63. The van der Waals surface area contributed by atoms with Crippen LogP contribution in [0.25, 0.3) is 0 Å². The Labute approximate surface area is 116 Å². The molecule has 3 rings (SSSR count). The van der Waals surface area contributed by atoms with Crippen LogP contribution in [0.4, 0.5) is 11.4 Å². The maximum absolute atomic E-state index is 3.61. The Morgan fingerprint density at radius 3 is 2.42 bits per heavy atom. The number of rotatable bonds is 3. The third kappa shape index (κ3) is 3.31. The van der Waals surface area contributed by atoms with Gasteiger partial charge in [-0.05, 0) is 62.8 Å². The zero-order valence-electron chi connectivity index (χ0n) is 11.6. The van der Waals surface area contributed by atoms with Crippen molar-refractivity contribution in [1.82, 2.24) is 0 Å². The van der Waals surface area contributed by atoms with E-state index >= 15 is 0 Å². The van der Waals surface area contributed by atoms with Crippen molar-refractivity contribution < 1.29 is 0 Å². The van der Waals surface area contributed by atoms with Gasteiger partial charge in [0.05, 0.1) is 0 Å². The van der Waals surface area contributed by atoms with Crippen molar-refractivity contribution in [1.29, 1.82) is 0 Å². The largest absolute Gasteiger partial charge is 0.379 e. The number of allylic oxidation sites excluding steroid dienone is 1. The maximum atomic E-state index is 3.61. The molecule has 1 aromatic carbocycles. The van der Waals surface area contributed by atoms with Gasteiger partial charge in [-0.1, -0.05) is 12.2 Å². The van der Waals surface area contributed by atoms with E-state index in [1.54, 1.807) is 0 Å². The standard InChI is InChI=1S/C17H24N2/c1-3-7-15(8-4-1)18-16-9-11-17(12-10-16)19-13-5-2-6-14-19/h3,7,9-12,15,18H,1-2,4-6,8,13-14H2. The van der Waals surface area contributed by atoms with E-state index in [1.165, 1.54) is 63.0 Å². The Balaban J connectivity index is 1.61. The van der Waals surface area contributed by atoms with Gasteiger partial charge in [-0.2, -0.15) is 0 Å². The molecule has 1 aromatic rings. The van der Waals surface area contributed by atoms with Crippen molar-refractivity contribution in [3.63, 3.8) is 0 Å². The normalized spacial score (nSPS) is 23.4. The number of piperidine rings is 1. The van der Waals surface area contributed by atoms with E-state index in [4.69, 9.17) is 0 Å². The molecule has 1 N–H and O–H groups in total. The molecule has 0 radical (unpaired) electrons. The molecule has 1 atom stereocenters. The van der Waals surface area contributed by atoms with Crippen molar-refractivity contribution in [3.05, 3.63) is 36.4 Å². The fourth-order valence-electron chi connectivity index (χ4n) is 3.07. The first-order valence-corrected chi connectivity index (χ1v) is 7.70. The number of anilines is 2. The number of hydrogen-bond donors (Lipinski definition) is 1. The lowest BCUT2D eigenvalue weighted by Gasteiger charge is -2.29. The van der Waals surface area contributed by atoms with Crippen LogP contribution in [0.1, 0.15) is 38.5 Å². The lowest BCUT2D eigenvalue weighted by atomic mass is 10.0. The van der Waals surface area contributed by atoms with E-state index < -0.39 is 0 Å². The average Bonchev–Trinajstić information content (AvgIpc) is 2.50. The van der Waals surface area contributed by atoms with Crippen molar-refractivity contribution in [3.8, 4) is 0 Å². The van der Waals surface area contributed by atoms with Crippen LogP contribution < -0.4 is 10.2 Å². The average molecular weight is 256 g/mol. The summed E-state index contributed by atoms with van der Waals surface area (Å²) in [6.07, 6.45) is 12.5. The number of hydrogen-bond acceptors (Lipinski definition) is 2. The van der Waals surface area contributed by atoms with E-state index in [9.17, 15) is 0 Å². The molecule has 1 heterocycles. The zero-order chi connectivity index (χ0) is 12.9. The SMILES string of the molecule is C1=CC(Nc2ccc(N3CCCCC3)cc2)CCC1. The van der Waals surface area contributed by atoms with Crippen LogP contribution in [0.15, 0.2) is 36.4 Å². The highest BCUT2D eigenvalue weighted by molar-refractivity contribution is 5.56. The second-order valence-electron chi connectivity index (χ2n) is 5.70. The first-order chi connectivity index (χ1) is 9.42. The van der Waals surface area contributed by atoms with Gasteiger partial charge in [0.2, 0.25) is 0 Å². The molecule has 2 aliphatic rings. The summed E-state index contributed by atoms with van der Waals surface area (Å²) in [7, 11) is 0. The van der Waals surface area contributed by atoms with E-state index in [0.717, 1.165) is 0 Å². The van der Waals surface area contributed by atoms with Gasteiger partial charge in [0.25, 0.3) is 0 Å². The third-order valence-electron chi connectivity index (χ3n) is 4.19. The molecule has 19 heavy (non-hydrogen) atoms. The summed E-state index contributed by atoms with van der Waals surface area (Å²) < 4.78 is 0. The van der Waals surface area contributed by atoms with Gasteiger partial charge >= 0.3 is 0 Å². The Hall–Kier alpha value is -1.44. The van der Waals surface area contributed by atoms with Crippen molar-refractivity contribution in [2.24, 2.45) is 0 Å². The summed E-state index contributed by atoms with van der Waals surface area (Å²) in [5.74, 6) is 0. The molecule has 0 amide bonds. The van der Waals surface area contributed by atoms with Crippen molar-refractivity contribution >= 4 is 11.4 Å². The molecular weight excluding hydrogens is 232 g/mol. The second kappa shape index (κ2) is 6.14. The smallest absolute Gasteiger partial charge is 0.0444 e. The minimum atomic E-state index is 0.523. The number of nitrogens with zero attached hydrogens (tertiary/aromatic N) is 1. The molecule has 0 saturated carbocycles. The second-order valence-corrected chi connectivity index (χ2v) is 5.70. The first-order valence-electron chi connectivity index (χ1n) is 7.70. The van der Waals surface area contributed by atoms with Crippen LogP contribution in [-0.4, -0.2) is 19.1 Å². The van der Waals surface area contributed by atoms with Crippen LogP contribution in [0.5, 0.6) is 0 Å². The molecule has 0 aromatic heterocycles. The summed E-state index contributed by atoms with van der Waals surface area (Å²) in [6, 6.07) is 9.51. The van der Waals surface area contributed by atoms with E-state index in [1.807, 2.05) is 0 Å². The molecule has 1 unspecified atom stereocenters. The summed E-state index contributed by atoms with van der Waals surface area (Å²) in [5, 5.41) is 3.61. The minimum absolute atomic E-state index is 0.523. The van der Waals surface area contributed by atoms with Gasteiger partial charge in [-0.25, -0.2) is 0 Å². The Morgan fingerprint density at radius 2 is 1.74 bits per heavy atom. The van der Waals surface area contributed by atoms with Gasteiger partial charge in [0, 0.05) is 30.5 Å². The van der Waals surface area contributed by atoms with Gasteiger partial charge in [0.15, 0.2) is 0 Å². The molecule has 2 nitrogen and oxygen atoms in total. The van der Waals surface area contributed by atoms with Crippen molar-refractivity contribution in [2.45, 2.75) is 44.6 Å². The molecule has 1 fully saturated rings. The molecular formula is C17H24N2. The molecule has 1 saturated heterocycles. The Morgan fingerprint density at radius 1 is 0.947 bits per heavy atom. The van der Waals surface area contributed by atoms with Gasteiger partial charge in [0.1, 0.15) is 0 Å². The molecule has 2 heteroatoms. The fraction of sp³-hybridized carbons (Fsp3) is 0.529. The summed E-state index contributed by atoms with van der Waals surface area (Å²) in [4.78, 5) is 2.51. The van der Waals surface area contributed by atoms with Crippen LogP contribution in [0.3, 0.4) is 0 Å². The van der Waals surface area contributed by atoms with Crippen LogP contribution in [0, 0.1) is 0 Å². The third-order valence-corrected chi connectivity index (χ3v) is 4.19. The fourth-order valence-corrected chi connectivity index (χ4v) is 3.07. The van der Waals surface area contributed by atoms with Crippen LogP contribution in [0.2, 0.25) is 0 Å². The topological polar surface area (TPSA) is 15.3 Å². The highest BCUT2D eigenvalue weighted by Crippen LogP contribution is 2.23. The highest BCUT2D eigenvalue weighted by Gasteiger charge is 2.11. The predicted molar refractivity (Wildman–Crippen MR) is 82.9 cm³/mol. The maximum Gasteiger partial charge on any atom is 0.0444 e. The molecule has 1 aliphatic heterocycles. The zero-order valence-corrected chi connectivity index (χ0v) is 11.6. The van der Waals surface area contributed by atoms with Crippen molar-refractivity contribution in [2.75, 3.05) is 23.3 Å². The lowest BCUT2D eigenvalue weighted by molar-refractivity contribution is 0.578. The Bertz CT molecular complexity index is 415. The van der Waals surface area contributed by atoms with E-state index in [2.05, 4.69) is 46.6 Å². The van der Waals surface area contributed by atoms with Crippen LogP contribution >= 0.6 is 0 Å². The van der Waals surface area contributed by atoms with Gasteiger partial charge < -0.3 is 10.2 Å². The predicted octanol–water partition coefficient (Wildman–Crippen LogP) is 4.20. The lowest BCUT2D eigenvalue weighted by Crippen LogP contribution is -2.29. The summed E-state index contributed by atoms with van der Waals surface area (Å²) in [6.45, 7) is 2.44. The number of nitrogens with one attached hydrogen (secondary N) is 1. The van der Waals surface area contributed by atoms with E-state index in [0.29, 0.717) is 6.04 Å². The molecule has 102 valence electrons. The first kappa shape index (κ1) is 12.6. The van der Waals surface area contributed by atoms with Gasteiger partial charge in [-0.3, -0.25) is 0 Å². The quantitative estimate of drug-likeness (QED) is 0.815. The highest BCUT2D eigenvalue weighted by atomic mass is 15.1. The van der Waals surface area contributed by atoms with E-state index in [-0.39, 0.29) is 0 Å². The molecule has 0 spiro atoms. The number of benzene rings is 1. The van der Waals surface area contributed by atoms with Gasteiger partial charge in [-0.15, -0.1) is 0 Å². The summed E-state index contributed by atoms with van der Waals surface area (Å²) >= 11 is 0. The minimum Gasteiger partial charge on any atom is -0.379 e. The monoisotopic (exact) mass is 256 g/mol.